The maximum absolute atomic E-state index is 14.4. The SMILES string of the molecule is CCCC[C@@H](C(=O)N1CCC[C@H]1C(=O)c1ccccn1)[C@H](F)C(=O)NO. The van der Waals surface area contributed by atoms with E-state index < -0.39 is 29.9 Å². The van der Waals surface area contributed by atoms with Crippen molar-refractivity contribution in [2.45, 2.75) is 51.2 Å². The second-order valence-corrected chi connectivity index (χ2v) is 6.40. The number of halogens is 1. The molecule has 1 fully saturated rings. The van der Waals surface area contributed by atoms with E-state index in [9.17, 15) is 18.8 Å². The molecule has 0 spiro atoms. The number of Topliss-reactive ketones (excluding diaryl/α,β-unsaturated/α-hetero) is 1. The number of likely N-dealkylation sites (tertiary alicyclic amines) is 1. The number of hydrogen-bond acceptors (Lipinski definition) is 5. The summed E-state index contributed by atoms with van der Waals surface area (Å²) in [5.41, 5.74) is 1.52. The van der Waals surface area contributed by atoms with Crippen molar-refractivity contribution >= 4 is 17.6 Å². The number of rotatable bonds is 8. The quantitative estimate of drug-likeness (QED) is 0.416. The number of nitrogens with zero attached hydrogens (tertiary/aromatic N) is 2. The van der Waals surface area contributed by atoms with Crippen LogP contribution in [0.25, 0.3) is 0 Å². The lowest BCUT2D eigenvalue weighted by molar-refractivity contribution is -0.146. The monoisotopic (exact) mass is 365 g/mol. The van der Waals surface area contributed by atoms with Crippen LogP contribution in [0.2, 0.25) is 0 Å². The zero-order valence-corrected chi connectivity index (χ0v) is 14.7. The van der Waals surface area contributed by atoms with Crippen molar-refractivity contribution < 1.29 is 24.0 Å². The molecule has 0 aromatic carbocycles. The first-order chi connectivity index (χ1) is 12.5. The van der Waals surface area contributed by atoms with Crippen molar-refractivity contribution in [2.75, 3.05) is 6.54 Å². The Kier molecular flexibility index (Phi) is 7.20. The van der Waals surface area contributed by atoms with Gasteiger partial charge in [0.15, 0.2) is 6.17 Å². The van der Waals surface area contributed by atoms with Crippen LogP contribution in [0.5, 0.6) is 0 Å². The Balaban J connectivity index is 2.20. The summed E-state index contributed by atoms with van der Waals surface area (Å²) in [7, 11) is 0. The number of hydroxylamine groups is 1. The summed E-state index contributed by atoms with van der Waals surface area (Å²) in [5, 5.41) is 8.69. The molecular weight excluding hydrogens is 341 g/mol. The largest absolute Gasteiger partial charge is 0.332 e. The smallest absolute Gasteiger partial charge is 0.278 e. The van der Waals surface area contributed by atoms with Gasteiger partial charge in [-0.1, -0.05) is 25.8 Å². The minimum atomic E-state index is -2.16. The highest BCUT2D eigenvalue weighted by atomic mass is 19.1. The number of aromatic nitrogens is 1. The number of nitrogens with one attached hydrogen (secondary N) is 1. The standard InChI is InChI=1S/C18H24FN3O4/c1-2-3-7-12(15(19)17(24)21-26)18(25)22-11-6-9-14(22)16(23)13-8-4-5-10-20-13/h4-5,8,10,12,14-15,26H,2-3,6-7,9,11H2,1H3,(H,21,24)/t12-,14+,15+/m1/s1. The molecule has 2 heterocycles. The molecule has 1 aromatic rings. The Morgan fingerprint density at radius 2 is 2.19 bits per heavy atom. The molecule has 3 atom stereocenters. The fourth-order valence-corrected chi connectivity index (χ4v) is 3.26. The number of carbonyl (C=O) groups excluding carboxylic acids is 3. The van der Waals surface area contributed by atoms with Crippen LogP contribution in [0.3, 0.4) is 0 Å². The normalized spacial score (nSPS) is 19.0. The van der Waals surface area contributed by atoms with E-state index in [2.05, 4.69) is 4.98 Å². The number of hydrogen-bond donors (Lipinski definition) is 2. The van der Waals surface area contributed by atoms with Gasteiger partial charge in [-0.2, -0.15) is 0 Å². The third kappa shape index (κ3) is 4.43. The molecule has 2 rings (SSSR count). The average molecular weight is 365 g/mol. The molecule has 142 valence electrons. The van der Waals surface area contributed by atoms with E-state index in [4.69, 9.17) is 5.21 Å². The molecule has 0 aliphatic carbocycles. The molecule has 8 heteroatoms. The summed E-state index contributed by atoms with van der Waals surface area (Å²) in [6, 6.07) is 4.26. The fourth-order valence-electron chi connectivity index (χ4n) is 3.26. The van der Waals surface area contributed by atoms with Gasteiger partial charge in [0.05, 0.1) is 12.0 Å². The Labute approximate surface area is 151 Å². The first-order valence-electron chi connectivity index (χ1n) is 8.85. The van der Waals surface area contributed by atoms with E-state index in [0.29, 0.717) is 25.8 Å². The highest BCUT2D eigenvalue weighted by Gasteiger charge is 2.42. The zero-order valence-electron chi connectivity index (χ0n) is 14.7. The van der Waals surface area contributed by atoms with Crippen molar-refractivity contribution in [3.05, 3.63) is 30.1 Å². The maximum atomic E-state index is 14.4. The first-order valence-corrected chi connectivity index (χ1v) is 8.85. The number of pyridine rings is 1. The van der Waals surface area contributed by atoms with Gasteiger partial charge in [-0.3, -0.25) is 24.6 Å². The van der Waals surface area contributed by atoms with E-state index >= 15 is 0 Å². The Bertz CT molecular complexity index is 641. The van der Waals surface area contributed by atoms with Crippen LogP contribution in [0.15, 0.2) is 24.4 Å². The van der Waals surface area contributed by atoms with Gasteiger partial charge in [0.25, 0.3) is 5.91 Å². The van der Waals surface area contributed by atoms with Crippen molar-refractivity contribution in [1.29, 1.82) is 0 Å². The van der Waals surface area contributed by atoms with Gasteiger partial charge >= 0.3 is 0 Å². The van der Waals surface area contributed by atoms with Crippen LogP contribution in [-0.4, -0.2) is 51.4 Å². The van der Waals surface area contributed by atoms with Crippen molar-refractivity contribution in [3.8, 4) is 0 Å². The summed E-state index contributed by atoms with van der Waals surface area (Å²) in [6.07, 6.45) is 1.90. The van der Waals surface area contributed by atoms with E-state index in [1.165, 1.54) is 16.6 Å². The van der Waals surface area contributed by atoms with Gasteiger partial charge in [0.2, 0.25) is 11.7 Å². The molecule has 7 nitrogen and oxygen atoms in total. The molecule has 26 heavy (non-hydrogen) atoms. The number of alkyl halides is 1. The number of ketones is 1. The molecule has 1 aliphatic heterocycles. The van der Waals surface area contributed by atoms with Gasteiger partial charge in [0.1, 0.15) is 5.69 Å². The van der Waals surface area contributed by atoms with Crippen LogP contribution in [0, 0.1) is 5.92 Å². The Hall–Kier alpha value is -2.35. The minimum Gasteiger partial charge on any atom is -0.332 e. The van der Waals surface area contributed by atoms with Crippen LogP contribution in [-0.2, 0) is 9.59 Å². The predicted octanol–water partition coefficient (Wildman–Crippen LogP) is 1.91. The van der Waals surface area contributed by atoms with Gasteiger partial charge in [0, 0.05) is 12.7 Å². The molecule has 1 aromatic heterocycles. The van der Waals surface area contributed by atoms with E-state index in [1.807, 2.05) is 6.92 Å². The van der Waals surface area contributed by atoms with Gasteiger partial charge in [-0.05, 0) is 31.4 Å². The van der Waals surface area contributed by atoms with Gasteiger partial charge in [-0.25, -0.2) is 9.87 Å². The maximum Gasteiger partial charge on any atom is 0.278 e. The summed E-state index contributed by atoms with van der Waals surface area (Å²) < 4.78 is 14.4. The number of amides is 2. The second-order valence-electron chi connectivity index (χ2n) is 6.40. The number of carbonyl (C=O) groups is 3. The van der Waals surface area contributed by atoms with Gasteiger partial charge < -0.3 is 4.90 Å². The van der Waals surface area contributed by atoms with E-state index in [0.717, 1.165) is 6.42 Å². The van der Waals surface area contributed by atoms with Crippen LogP contribution >= 0.6 is 0 Å². The zero-order chi connectivity index (χ0) is 19.1. The van der Waals surface area contributed by atoms with E-state index in [-0.39, 0.29) is 17.9 Å². The van der Waals surface area contributed by atoms with Crippen LogP contribution in [0.1, 0.15) is 49.5 Å². The molecule has 2 N–H and O–H groups in total. The first kappa shape index (κ1) is 20.0. The molecule has 1 aliphatic rings. The average Bonchev–Trinajstić information content (AvgIpc) is 3.17. The lowest BCUT2D eigenvalue weighted by atomic mass is 9.94. The summed E-state index contributed by atoms with van der Waals surface area (Å²) in [4.78, 5) is 42.5. The van der Waals surface area contributed by atoms with Crippen LogP contribution in [0.4, 0.5) is 4.39 Å². The lowest BCUT2D eigenvalue weighted by Crippen LogP contribution is -2.48. The van der Waals surface area contributed by atoms with Crippen molar-refractivity contribution in [2.24, 2.45) is 5.92 Å². The van der Waals surface area contributed by atoms with E-state index in [1.54, 1.807) is 18.2 Å². The molecule has 0 radical (unpaired) electrons. The molecule has 0 saturated carbocycles. The molecule has 0 unspecified atom stereocenters. The fraction of sp³-hybridized carbons (Fsp3) is 0.556. The highest BCUT2D eigenvalue weighted by molar-refractivity contribution is 6.01. The van der Waals surface area contributed by atoms with Crippen LogP contribution < -0.4 is 5.48 Å². The lowest BCUT2D eigenvalue weighted by Gasteiger charge is -2.29. The van der Waals surface area contributed by atoms with Gasteiger partial charge in [-0.15, -0.1) is 0 Å². The van der Waals surface area contributed by atoms with Crippen molar-refractivity contribution in [1.82, 2.24) is 15.4 Å². The minimum absolute atomic E-state index is 0.172. The molecule has 1 saturated heterocycles. The second kappa shape index (κ2) is 9.38. The molecular formula is C18H24FN3O4. The Morgan fingerprint density at radius 1 is 1.42 bits per heavy atom. The van der Waals surface area contributed by atoms with Crippen molar-refractivity contribution in [3.63, 3.8) is 0 Å². The Morgan fingerprint density at radius 3 is 2.81 bits per heavy atom. The summed E-state index contributed by atoms with van der Waals surface area (Å²) in [5.74, 6) is -3.32. The molecule has 0 bridgehead atoms. The summed E-state index contributed by atoms with van der Waals surface area (Å²) in [6.45, 7) is 2.22. The topological polar surface area (TPSA) is 99.6 Å². The summed E-state index contributed by atoms with van der Waals surface area (Å²) >= 11 is 0. The molecule has 2 amide bonds. The third-order valence-electron chi connectivity index (χ3n) is 4.66. The highest BCUT2D eigenvalue weighted by Crippen LogP contribution is 2.27. The predicted molar refractivity (Wildman–Crippen MR) is 91.1 cm³/mol. The number of unbranched alkanes of at least 4 members (excludes halogenated alkanes) is 1. The third-order valence-corrected chi connectivity index (χ3v) is 4.66.